The lowest BCUT2D eigenvalue weighted by Gasteiger charge is -2.43. The smallest absolute Gasteiger partial charge is 0.290 e. The summed E-state index contributed by atoms with van der Waals surface area (Å²) in [6.45, 7) is 9.05. The molecule has 0 amide bonds. The monoisotopic (exact) mass is 458 g/mol. The van der Waals surface area contributed by atoms with Gasteiger partial charge in [0.2, 0.25) is 0 Å². The molecule has 0 saturated carbocycles. The first-order chi connectivity index (χ1) is 16.1. The Kier molecular flexibility index (Phi) is 7.92. The van der Waals surface area contributed by atoms with E-state index in [0.717, 1.165) is 76.7 Å². The van der Waals surface area contributed by atoms with Crippen LogP contribution in [0.15, 0.2) is 29.2 Å². The van der Waals surface area contributed by atoms with Crippen molar-refractivity contribution in [2.75, 3.05) is 52.4 Å². The molecule has 5 heterocycles. The van der Waals surface area contributed by atoms with Crippen molar-refractivity contribution in [2.24, 2.45) is 5.92 Å². The third-order valence-corrected chi connectivity index (χ3v) is 6.99. The average molecular weight is 459 g/mol. The van der Waals surface area contributed by atoms with Crippen LogP contribution in [0.1, 0.15) is 29.3 Å². The van der Waals surface area contributed by atoms with Crippen molar-refractivity contribution >= 4 is 6.47 Å². The number of aromatic amines is 1. The molecule has 2 bridgehead atoms. The number of pyridine rings is 1. The number of H-pyrrole nitrogens is 1. The molecule has 0 aromatic carbocycles. The number of fused-ring (bicyclic) bond motifs is 4. The number of β-amino-alcohol motifs (C(OH)–C–C–N with tert-alkyl or cyclic N) is 1. The molecule has 10 heteroatoms. The van der Waals surface area contributed by atoms with E-state index in [9.17, 15) is 4.79 Å². The van der Waals surface area contributed by atoms with Crippen LogP contribution in [0, 0.1) is 5.92 Å². The predicted molar refractivity (Wildman–Crippen MR) is 123 cm³/mol. The molecule has 180 valence electrons. The summed E-state index contributed by atoms with van der Waals surface area (Å²) >= 11 is 0. The first-order valence-electron chi connectivity index (χ1n) is 11.7. The van der Waals surface area contributed by atoms with Crippen LogP contribution in [-0.4, -0.2) is 98.6 Å². The number of aliphatic hydroxyl groups is 1. The van der Waals surface area contributed by atoms with E-state index in [1.807, 2.05) is 12.3 Å². The second-order valence-corrected chi connectivity index (χ2v) is 9.22. The molecule has 5 rings (SSSR count). The minimum absolute atomic E-state index is 0.210. The minimum Gasteiger partial charge on any atom is -0.483 e. The Labute approximate surface area is 193 Å². The van der Waals surface area contributed by atoms with E-state index in [0.29, 0.717) is 11.8 Å². The summed E-state index contributed by atoms with van der Waals surface area (Å²) in [5.74, 6) is 0.971. The van der Waals surface area contributed by atoms with Gasteiger partial charge in [-0.3, -0.25) is 29.4 Å². The van der Waals surface area contributed by atoms with Gasteiger partial charge in [-0.2, -0.15) is 5.10 Å². The molecule has 3 aliphatic heterocycles. The molecule has 3 aliphatic rings. The van der Waals surface area contributed by atoms with E-state index in [4.69, 9.17) is 15.0 Å². The summed E-state index contributed by atoms with van der Waals surface area (Å²) in [5.41, 5.74) is 3.49. The van der Waals surface area contributed by atoms with Crippen molar-refractivity contribution in [1.29, 1.82) is 0 Å². The number of hydrogen-bond donors (Lipinski definition) is 3. The molecule has 2 aromatic rings. The van der Waals surface area contributed by atoms with Gasteiger partial charge in [-0.1, -0.05) is 6.07 Å². The molecule has 33 heavy (non-hydrogen) atoms. The second-order valence-electron chi connectivity index (χ2n) is 9.22. The largest absolute Gasteiger partial charge is 0.483 e. The molecule has 2 saturated heterocycles. The van der Waals surface area contributed by atoms with Crippen LogP contribution in [-0.2, 0) is 24.4 Å². The lowest BCUT2D eigenvalue weighted by atomic mass is 9.83. The second kappa shape index (κ2) is 11.1. The van der Waals surface area contributed by atoms with Crippen LogP contribution >= 0.6 is 0 Å². The van der Waals surface area contributed by atoms with Crippen LogP contribution in [0.5, 0.6) is 0 Å². The predicted octanol–water partition coefficient (Wildman–Crippen LogP) is 0.00140. The quantitative estimate of drug-likeness (QED) is 0.518. The maximum Gasteiger partial charge on any atom is 0.290 e. The van der Waals surface area contributed by atoms with Gasteiger partial charge in [0.25, 0.3) is 12.0 Å². The highest BCUT2D eigenvalue weighted by molar-refractivity contribution is 5.32. The van der Waals surface area contributed by atoms with Crippen molar-refractivity contribution in [1.82, 2.24) is 29.5 Å². The fourth-order valence-electron chi connectivity index (χ4n) is 5.51. The summed E-state index contributed by atoms with van der Waals surface area (Å²) in [5, 5.41) is 23.1. The van der Waals surface area contributed by atoms with Gasteiger partial charge in [0.05, 0.1) is 6.61 Å². The topological polar surface area (TPSA) is 118 Å². The summed E-state index contributed by atoms with van der Waals surface area (Å²) in [7, 11) is 0. The minimum atomic E-state index is -0.250. The third kappa shape index (κ3) is 5.70. The molecule has 2 atom stereocenters. The molecular weight excluding hydrogens is 424 g/mol. The first-order valence-corrected chi connectivity index (χ1v) is 11.7. The summed E-state index contributed by atoms with van der Waals surface area (Å²) in [6.07, 6.45) is 2.99. The zero-order valence-corrected chi connectivity index (χ0v) is 19.0. The van der Waals surface area contributed by atoms with Crippen LogP contribution < -0.4 is 5.56 Å². The molecule has 0 radical (unpaired) electrons. The fraction of sp³-hybridized carbons (Fsp3) is 0.609. The molecule has 0 spiro atoms. The van der Waals surface area contributed by atoms with E-state index in [1.54, 1.807) is 0 Å². The van der Waals surface area contributed by atoms with Gasteiger partial charge in [0.15, 0.2) is 0 Å². The number of rotatable bonds is 6. The van der Waals surface area contributed by atoms with Gasteiger partial charge in [-0.15, -0.1) is 0 Å². The van der Waals surface area contributed by atoms with E-state index in [1.165, 1.54) is 12.1 Å². The fourth-order valence-corrected chi connectivity index (χ4v) is 5.51. The number of nitrogens with zero attached hydrogens (tertiary/aromatic N) is 5. The van der Waals surface area contributed by atoms with Gasteiger partial charge >= 0.3 is 0 Å². The molecule has 10 nitrogen and oxygen atoms in total. The van der Waals surface area contributed by atoms with Crippen molar-refractivity contribution in [3.63, 3.8) is 0 Å². The van der Waals surface area contributed by atoms with Crippen molar-refractivity contribution in [3.05, 3.63) is 51.7 Å². The summed E-state index contributed by atoms with van der Waals surface area (Å²) in [4.78, 5) is 28.8. The molecule has 2 aromatic heterocycles. The first kappa shape index (κ1) is 23.6. The Morgan fingerprint density at radius 3 is 2.48 bits per heavy atom. The van der Waals surface area contributed by atoms with Gasteiger partial charge in [-0.25, -0.2) is 0 Å². The Balaban J connectivity index is 0.000000821. The number of carbonyl (C=O) groups is 1. The number of piperidine rings is 1. The van der Waals surface area contributed by atoms with Crippen LogP contribution in [0.3, 0.4) is 0 Å². The SMILES string of the molecule is O=CO.O=c1c(CN2CCN(CCO)CC2)ccc2n1C[C@H]1C[C@@H]2CN(Cc2ccn[nH]2)C1. The molecule has 0 unspecified atom stereocenters. The number of aromatic nitrogens is 3. The maximum atomic E-state index is 13.3. The van der Waals surface area contributed by atoms with Crippen LogP contribution in [0.4, 0.5) is 0 Å². The molecule has 2 fully saturated rings. The van der Waals surface area contributed by atoms with Crippen molar-refractivity contribution in [3.8, 4) is 0 Å². The Hall–Kier alpha value is -2.53. The summed E-state index contributed by atoms with van der Waals surface area (Å²) in [6, 6.07) is 6.32. The van der Waals surface area contributed by atoms with Crippen molar-refractivity contribution < 1.29 is 15.0 Å². The highest BCUT2D eigenvalue weighted by Gasteiger charge is 2.35. The summed E-state index contributed by atoms with van der Waals surface area (Å²) < 4.78 is 2.07. The lowest BCUT2D eigenvalue weighted by molar-refractivity contribution is -0.122. The highest BCUT2D eigenvalue weighted by atomic mass is 16.3. The van der Waals surface area contributed by atoms with Crippen LogP contribution in [0.2, 0.25) is 0 Å². The third-order valence-electron chi connectivity index (χ3n) is 6.99. The van der Waals surface area contributed by atoms with Gasteiger partial charge in [0, 0.05) is 94.5 Å². The number of hydrogen-bond acceptors (Lipinski definition) is 7. The zero-order valence-electron chi connectivity index (χ0n) is 19.0. The molecule has 0 aliphatic carbocycles. The van der Waals surface area contributed by atoms with E-state index in [2.05, 4.69) is 41.6 Å². The number of likely N-dealkylation sites (tertiary alicyclic amines) is 1. The Bertz CT molecular complexity index is 954. The number of aliphatic hydroxyl groups excluding tert-OH is 1. The van der Waals surface area contributed by atoms with E-state index >= 15 is 0 Å². The van der Waals surface area contributed by atoms with Gasteiger partial charge in [0.1, 0.15) is 0 Å². The zero-order chi connectivity index (χ0) is 23.2. The maximum absolute atomic E-state index is 13.3. The highest BCUT2D eigenvalue weighted by Crippen LogP contribution is 2.35. The van der Waals surface area contributed by atoms with E-state index in [-0.39, 0.29) is 18.6 Å². The Morgan fingerprint density at radius 2 is 1.79 bits per heavy atom. The molecule has 3 N–H and O–H groups in total. The lowest BCUT2D eigenvalue weighted by Crippen LogP contribution is -2.49. The molecular formula is C23H34N6O4. The Morgan fingerprint density at radius 1 is 1.03 bits per heavy atom. The normalized spacial score (nSPS) is 23.4. The average Bonchev–Trinajstić information content (AvgIpc) is 3.31. The van der Waals surface area contributed by atoms with Gasteiger partial charge in [-0.05, 0) is 24.5 Å². The number of carboxylic acid groups (broad SMARTS) is 1. The van der Waals surface area contributed by atoms with Gasteiger partial charge < -0.3 is 14.8 Å². The number of nitrogens with one attached hydrogen (secondary N) is 1. The number of piperazine rings is 1. The van der Waals surface area contributed by atoms with E-state index < -0.39 is 0 Å². The van der Waals surface area contributed by atoms with Crippen LogP contribution in [0.25, 0.3) is 0 Å². The van der Waals surface area contributed by atoms with Crippen molar-refractivity contribution in [2.45, 2.75) is 32.0 Å². The standard InChI is InChI=1S/C22H32N6O2.CH2O2/c29-10-9-25-5-7-26(8-6-25)14-18-1-2-21-19-11-17(13-28(21)22(18)30)12-27(15-19)16-20-3-4-23-24-20;2-1-3/h1-4,17,19,29H,5-16H2,(H,23,24);1H,(H,2,3)/t17-,19+;/m0./s1.